The lowest BCUT2D eigenvalue weighted by Gasteiger charge is -2.36. The minimum Gasteiger partial charge on any atom is -0.314 e. The maximum Gasteiger partial charge on any atom is 0.214 e. The Morgan fingerprint density at radius 2 is 1.76 bits per heavy atom. The summed E-state index contributed by atoms with van der Waals surface area (Å²) in [6.45, 7) is 2.61. The zero-order chi connectivity index (χ0) is 14.7. The Morgan fingerprint density at radius 1 is 0.952 bits per heavy atom. The van der Waals surface area contributed by atoms with Crippen LogP contribution >= 0.6 is 0 Å². The summed E-state index contributed by atoms with van der Waals surface area (Å²) in [6, 6.07) is 0.553. The van der Waals surface area contributed by atoms with Gasteiger partial charge in [0.2, 0.25) is 10.0 Å². The molecule has 0 radical (unpaired) electrons. The second kappa shape index (κ2) is 6.97. The third-order valence-electron chi connectivity index (χ3n) is 5.65. The molecule has 0 aromatic rings. The average Bonchev–Trinajstić information content (AvgIpc) is 3.02. The first kappa shape index (κ1) is 15.8. The molecule has 3 rings (SSSR count). The summed E-state index contributed by atoms with van der Waals surface area (Å²) in [7, 11) is -3.04. The van der Waals surface area contributed by atoms with Gasteiger partial charge in [0.05, 0.1) is 5.75 Å². The molecule has 3 fully saturated rings. The molecule has 122 valence electrons. The highest BCUT2D eigenvalue weighted by Gasteiger charge is 2.35. The van der Waals surface area contributed by atoms with E-state index in [-0.39, 0.29) is 0 Å². The van der Waals surface area contributed by atoms with Gasteiger partial charge in [0.1, 0.15) is 0 Å². The third-order valence-corrected chi connectivity index (χ3v) is 7.66. The topological polar surface area (TPSA) is 49.4 Å². The molecule has 2 aliphatic heterocycles. The van der Waals surface area contributed by atoms with Crippen LogP contribution in [-0.4, -0.2) is 44.2 Å². The van der Waals surface area contributed by atoms with Gasteiger partial charge >= 0.3 is 0 Å². The Morgan fingerprint density at radius 3 is 2.48 bits per heavy atom. The Kier molecular flexibility index (Phi) is 5.23. The van der Waals surface area contributed by atoms with E-state index in [9.17, 15) is 8.42 Å². The van der Waals surface area contributed by atoms with Crippen molar-refractivity contribution >= 4 is 10.0 Å². The second-order valence-corrected chi connectivity index (χ2v) is 9.26. The van der Waals surface area contributed by atoms with Gasteiger partial charge in [-0.1, -0.05) is 19.3 Å². The molecule has 4 nitrogen and oxygen atoms in total. The molecule has 2 heterocycles. The predicted molar refractivity (Wildman–Crippen MR) is 85.7 cm³/mol. The van der Waals surface area contributed by atoms with Crippen molar-refractivity contribution < 1.29 is 8.42 Å². The lowest BCUT2D eigenvalue weighted by molar-refractivity contribution is 0.225. The molecule has 2 saturated heterocycles. The SMILES string of the molecule is O=S(=O)(CC1CCCCC1)N1CCCC(C2CCCN2)C1. The summed E-state index contributed by atoms with van der Waals surface area (Å²) in [6.07, 6.45) is 10.6. The molecule has 1 aliphatic carbocycles. The lowest BCUT2D eigenvalue weighted by Crippen LogP contribution is -2.47. The molecular formula is C16H30N2O2S. The highest BCUT2D eigenvalue weighted by molar-refractivity contribution is 7.89. The van der Waals surface area contributed by atoms with E-state index in [1.165, 1.54) is 38.5 Å². The molecular weight excluding hydrogens is 284 g/mol. The Balaban J connectivity index is 1.58. The Hall–Kier alpha value is -0.130. The molecule has 0 aromatic carbocycles. The van der Waals surface area contributed by atoms with E-state index in [2.05, 4.69) is 5.32 Å². The van der Waals surface area contributed by atoms with Crippen LogP contribution < -0.4 is 5.32 Å². The fourth-order valence-electron chi connectivity index (χ4n) is 4.43. The van der Waals surface area contributed by atoms with Crippen molar-refractivity contribution in [2.45, 2.75) is 63.8 Å². The summed E-state index contributed by atoms with van der Waals surface area (Å²) in [5.41, 5.74) is 0. The summed E-state index contributed by atoms with van der Waals surface area (Å²) in [4.78, 5) is 0. The number of hydrogen-bond acceptors (Lipinski definition) is 3. The number of piperidine rings is 1. The van der Waals surface area contributed by atoms with E-state index >= 15 is 0 Å². The largest absolute Gasteiger partial charge is 0.314 e. The van der Waals surface area contributed by atoms with Crippen molar-refractivity contribution in [2.75, 3.05) is 25.4 Å². The molecule has 0 bridgehead atoms. The van der Waals surface area contributed by atoms with Gasteiger partial charge in [-0.2, -0.15) is 0 Å². The van der Waals surface area contributed by atoms with Crippen LogP contribution in [0.2, 0.25) is 0 Å². The van der Waals surface area contributed by atoms with Crippen molar-refractivity contribution in [3.8, 4) is 0 Å². The lowest BCUT2D eigenvalue weighted by atomic mass is 9.91. The summed E-state index contributed by atoms with van der Waals surface area (Å²) in [5.74, 6) is 1.34. The van der Waals surface area contributed by atoms with E-state index in [0.29, 0.717) is 23.6 Å². The molecule has 5 heteroatoms. The normalized spacial score (nSPS) is 33.3. The molecule has 2 atom stereocenters. The van der Waals surface area contributed by atoms with E-state index in [0.717, 1.165) is 38.9 Å². The van der Waals surface area contributed by atoms with Crippen LogP contribution in [0, 0.1) is 11.8 Å². The van der Waals surface area contributed by atoms with E-state index in [1.54, 1.807) is 0 Å². The summed E-state index contributed by atoms with van der Waals surface area (Å²) < 4.78 is 27.3. The fraction of sp³-hybridized carbons (Fsp3) is 1.00. The maximum absolute atomic E-state index is 12.7. The number of rotatable bonds is 4. The first-order chi connectivity index (χ1) is 10.1. The predicted octanol–water partition coefficient (Wildman–Crippen LogP) is 2.36. The van der Waals surface area contributed by atoms with E-state index < -0.39 is 10.0 Å². The molecule has 21 heavy (non-hydrogen) atoms. The minimum absolute atomic E-state index is 0.401. The number of nitrogens with one attached hydrogen (secondary N) is 1. The molecule has 2 unspecified atom stereocenters. The summed E-state index contributed by atoms with van der Waals surface area (Å²) in [5, 5.41) is 3.56. The molecule has 0 aromatic heterocycles. The molecule has 1 N–H and O–H groups in total. The highest BCUT2D eigenvalue weighted by Crippen LogP contribution is 2.29. The van der Waals surface area contributed by atoms with Crippen molar-refractivity contribution in [1.29, 1.82) is 0 Å². The van der Waals surface area contributed by atoms with Gasteiger partial charge in [0, 0.05) is 19.1 Å². The van der Waals surface area contributed by atoms with Crippen LogP contribution in [0.15, 0.2) is 0 Å². The van der Waals surface area contributed by atoms with Gasteiger partial charge < -0.3 is 5.32 Å². The van der Waals surface area contributed by atoms with Gasteiger partial charge in [0.25, 0.3) is 0 Å². The molecule has 1 saturated carbocycles. The standard InChI is InChI=1S/C16H30N2O2S/c19-21(20,13-14-6-2-1-3-7-14)18-11-5-8-15(12-18)16-9-4-10-17-16/h14-17H,1-13H2. The number of hydrogen-bond donors (Lipinski definition) is 1. The van der Waals surface area contributed by atoms with Crippen molar-refractivity contribution in [2.24, 2.45) is 11.8 Å². The van der Waals surface area contributed by atoms with Crippen LogP contribution in [0.4, 0.5) is 0 Å². The first-order valence-electron chi connectivity index (χ1n) is 8.86. The van der Waals surface area contributed by atoms with Crippen molar-refractivity contribution in [3.05, 3.63) is 0 Å². The van der Waals surface area contributed by atoms with Crippen LogP contribution in [0.25, 0.3) is 0 Å². The van der Waals surface area contributed by atoms with Gasteiger partial charge in [-0.25, -0.2) is 12.7 Å². The quantitative estimate of drug-likeness (QED) is 0.866. The van der Waals surface area contributed by atoms with E-state index in [4.69, 9.17) is 0 Å². The average molecular weight is 314 g/mol. The van der Waals surface area contributed by atoms with Gasteiger partial charge in [0.15, 0.2) is 0 Å². The Bertz CT molecular complexity index is 426. The van der Waals surface area contributed by atoms with Crippen LogP contribution in [0.1, 0.15) is 57.8 Å². The minimum atomic E-state index is -3.04. The second-order valence-electron chi connectivity index (χ2n) is 7.25. The van der Waals surface area contributed by atoms with Crippen molar-refractivity contribution in [3.63, 3.8) is 0 Å². The summed E-state index contributed by atoms with van der Waals surface area (Å²) >= 11 is 0. The van der Waals surface area contributed by atoms with Gasteiger partial charge in [-0.3, -0.25) is 0 Å². The maximum atomic E-state index is 12.7. The fourth-order valence-corrected chi connectivity index (χ4v) is 6.39. The molecule has 0 amide bonds. The first-order valence-corrected chi connectivity index (χ1v) is 10.5. The molecule has 0 spiro atoms. The van der Waals surface area contributed by atoms with Gasteiger partial charge in [-0.05, 0) is 56.9 Å². The Labute approximate surface area is 129 Å². The van der Waals surface area contributed by atoms with Crippen LogP contribution in [0.3, 0.4) is 0 Å². The molecule has 3 aliphatic rings. The number of sulfonamides is 1. The zero-order valence-corrected chi connectivity index (χ0v) is 13.9. The van der Waals surface area contributed by atoms with Crippen LogP contribution in [0.5, 0.6) is 0 Å². The smallest absolute Gasteiger partial charge is 0.214 e. The van der Waals surface area contributed by atoms with Gasteiger partial charge in [-0.15, -0.1) is 0 Å². The van der Waals surface area contributed by atoms with Crippen molar-refractivity contribution in [1.82, 2.24) is 9.62 Å². The van der Waals surface area contributed by atoms with Crippen LogP contribution in [-0.2, 0) is 10.0 Å². The monoisotopic (exact) mass is 314 g/mol. The third kappa shape index (κ3) is 3.99. The zero-order valence-electron chi connectivity index (χ0n) is 13.1. The number of nitrogens with zero attached hydrogens (tertiary/aromatic N) is 1. The highest BCUT2D eigenvalue weighted by atomic mass is 32.2. The van der Waals surface area contributed by atoms with E-state index in [1.807, 2.05) is 4.31 Å².